The number of nitrogens with zero attached hydrogens (tertiary/aromatic N) is 2. The summed E-state index contributed by atoms with van der Waals surface area (Å²) in [4.78, 5) is 10.5. The first-order valence-electron chi connectivity index (χ1n) is 3.14. The monoisotopic (exact) mass is 202 g/mol. The lowest BCUT2D eigenvalue weighted by Gasteiger charge is -1.94. The van der Waals surface area contributed by atoms with Crippen molar-refractivity contribution in [2.45, 2.75) is 0 Å². The molecular formula is C6H4Cl2N4. The molecular weight excluding hydrogens is 199 g/mol. The smallest absolute Gasteiger partial charge is 0.222 e. The summed E-state index contributed by atoms with van der Waals surface area (Å²) in [5, 5.41) is 0.769. The van der Waals surface area contributed by atoms with E-state index in [4.69, 9.17) is 28.9 Å². The first-order valence-corrected chi connectivity index (χ1v) is 3.89. The van der Waals surface area contributed by atoms with Gasteiger partial charge in [-0.3, -0.25) is 0 Å². The summed E-state index contributed by atoms with van der Waals surface area (Å²) in [5.41, 5.74) is 6.53. The third-order valence-corrected chi connectivity index (χ3v) is 2.01. The molecule has 0 amide bonds. The van der Waals surface area contributed by atoms with Gasteiger partial charge in [0.05, 0.1) is 5.02 Å². The molecule has 0 saturated carbocycles. The predicted molar refractivity (Wildman–Crippen MR) is 48.3 cm³/mol. The number of rotatable bonds is 0. The number of nitrogen functional groups attached to an aromatic ring is 1. The van der Waals surface area contributed by atoms with E-state index in [9.17, 15) is 0 Å². The molecule has 0 bridgehead atoms. The van der Waals surface area contributed by atoms with Crippen molar-refractivity contribution in [2.75, 3.05) is 5.73 Å². The van der Waals surface area contributed by atoms with Gasteiger partial charge in [0.1, 0.15) is 11.0 Å². The van der Waals surface area contributed by atoms with E-state index >= 15 is 0 Å². The van der Waals surface area contributed by atoms with Crippen molar-refractivity contribution in [3.8, 4) is 0 Å². The van der Waals surface area contributed by atoms with Gasteiger partial charge in [-0.05, 0) is 0 Å². The molecule has 2 aromatic heterocycles. The molecule has 0 atom stereocenters. The molecule has 0 aliphatic heterocycles. The van der Waals surface area contributed by atoms with Crippen LogP contribution in [0.2, 0.25) is 10.2 Å². The fourth-order valence-corrected chi connectivity index (χ4v) is 1.38. The zero-order chi connectivity index (χ0) is 8.72. The van der Waals surface area contributed by atoms with Crippen molar-refractivity contribution in [2.24, 2.45) is 0 Å². The standard InChI is InChI=1S/C6H4Cl2N4/c7-2-1-10-4-3(2)11-6(9)12-5(4)8/h1,10H,(H2,9,11,12). The van der Waals surface area contributed by atoms with E-state index in [1.165, 1.54) is 0 Å². The van der Waals surface area contributed by atoms with E-state index in [1.807, 2.05) is 0 Å². The maximum atomic E-state index is 5.78. The minimum Gasteiger partial charge on any atom is -0.368 e. The van der Waals surface area contributed by atoms with Crippen LogP contribution in [-0.4, -0.2) is 15.0 Å². The molecule has 0 fully saturated rings. The molecule has 4 nitrogen and oxygen atoms in total. The van der Waals surface area contributed by atoms with Crippen molar-refractivity contribution >= 4 is 40.2 Å². The van der Waals surface area contributed by atoms with E-state index in [1.54, 1.807) is 6.20 Å². The molecule has 0 spiro atoms. The fraction of sp³-hybridized carbons (Fsp3) is 0. The van der Waals surface area contributed by atoms with Crippen molar-refractivity contribution in [1.29, 1.82) is 0 Å². The summed E-state index contributed by atoms with van der Waals surface area (Å²) < 4.78 is 0. The summed E-state index contributed by atoms with van der Waals surface area (Å²) >= 11 is 11.5. The summed E-state index contributed by atoms with van der Waals surface area (Å²) in [5.74, 6) is 0.119. The van der Waals surface area contributed by atoms with Gasteiger partial charge in [0.15, 0.2) is 5.15 Å². The van der Waals surface area contributed by atoms with E-state index in [0.29, 0.717) is 16.1 Å². The summed E-state index contributed by atoms with van der Waals surface area (Å²) in [6.07, 6.45) is 1.59. The number of nitrogens with two attached hydrogens (primary N) is 1. The van der Waals surface area contributed by atoms with E-state index in [2.05, 4.69) is 15.0 Å². The molecule has 0 unspecified atom stereocenters. The van der Waals surface area contributed by atoms with Crippen LogP contribution in [0.15, 0.2) is 6.20 Å². The summed E-state index contributed by atoms with van der Waals surface area (Å²) in [6.45, 7) is 0. The topological polar surface area (TPSA) is 67.6 Å². The Balaban J connectivity index is 2.92. The lowest BCUT2D eigenvalue weighted by molar-refractivity contribution is 1.23. The van der Waals surface area contributed by atoms with Crippen LogP contribution >= 0.6 is 23.2 Å². The Bertz CT molecular complexity index is 436. The normalized spacial score (nSPS) is 10.8. The van der Waals surface area contributed by atoms with Crippen molar-refractivity contribution in [3.63, 3.8) is 0 Å². The average Bonchev–Trinajstić information content (AvgIpc) is 2.33. The summed E-state index contributed by atoms with van der Waals surface area (Å²) in [6, 6.07) is 0. The van der Waals surface area contributed by atoms with E-state index < -0.39 is 0 Å². The second kappa shape index (κ2) is 2.50. The Labute approximate surface area is 77.7 Å². The minimum atomic E-state index is 0.119. The van der Waals surface area contributed by atoms with Gasteiger partial charge in [-0.1, -0.05) is 23.2 Å². The Morgan fingerprint density at radius 2 is 2.08 bits per heavy atom. The Hall–Kier alpha value is -1.00. The third kappa shape index (κ3) is 1.00. The number of aromatic amines is 1. The van der Waals surface area contributed by atoms with Crippen LogP contribution in [-0.2, 0) is 0 Å². The average molecular weight is 203 g/mol. The van der Waals surface area contributed by atoms with Gasteiger partial charge in [-0.2, -0.15) is 4.98 Å². The summed E-state index contributed by atoms with van der Waals surface area (Å²) in [7, 11) is 0. The highest BCUT2D eigenvalue weighted by molar-refractivity contribution is 6.38. The number of fused-ring (bicyclic) bond motifs is 1. The number of nitrogens with one attached hydrogen (secondary N) is 1. The molecule has 0 aliphatic carbocycles. The Kier molecular flexibility index (Phi) is 1.59. The van der Waals surface area contributed by atoms with Gasteiger partial charge in [0.25, 0.3) is 0 Å². The highest BCUT2D eigenvalue weighted by atomic mass is 35.5. The van der Waals surface area contributed by atoms with Crippen LogP contribution in [0.25, 0.3) is 11.0 Å². The van der Waals surface area contributed by atoms with Gasteiger partial charge >= 0.3 is 0 Å². The number of anilines is 1. The molecule has 12 heavy (non-hydrogen) atoms. The van der Waals surface area contributed by atoms with Crippen molar-refractivity contribution < 1.29 is 0 Å². The second-order valence-corrected chi connectivity index (χ2v) is 3.00. The predicted octanol–water partition coefficient (Wildman–Crippen LogP) is 1.85. The number of hydrogen-bond acceptors (Lipinski definition) is 3. The molecule has 2 aromatic rings. The van der Waals surface area contributed by atoms with Crippen molar-refractivity contribution in [3.05, 3.63) is 16.4 Å². The number of H-pyrrole nitrogens is 1. The second-order valence-electron chi connectivity index (χ2n) is 2.23. The Morgan fingerprint density at radius 1 is 1.33 bits per heavy atom. The van der Waals surface area contributed by atoms with Crippen LogP contribution in [0.3, 0.4) is 0 Å². The Morgan fingerprint density at radius 3 is 2.83 bits per heavy atom. The lowest BCUT2D eigenvalue weighted by atomic mass is 10.5. The number of aromatic nitrogens is 3. The van der Waals surface area contributed by atoms with Crippen LogP contribution in [0.1, 0.15) is 0 Å². The highest BCUT2D eigenvalue weighted by Crippen LogP contribution is 2.25. The SMILES string of the molecule is Nc1nc(Cl)c2[nH]cc(Cl)c2n1. The molecule has 0 saturated heterocycles. The van der Waals surface area contributed by atoms with Gasteiger partial charge in [-0.15, -0.1) is 0 Å². The zero-order valence-corrected chi connectivity index (χ0v) is 7.32. The quantitative estimate of drug-likeness (QED) is 0.642. The highest BCUT2D eigenvalue weighted by Gasteiger charge is 2.08. The molecule has 0 radical (unpaired) electrons. The van der Waals surface area contributed by atoms with Crippen LogP contribution in [0.4, 0.5) is 5.95 Å². The van der Waals surface area contributed by atoms with Crippen LogP contribution in [0.5, 0.6) is 0 Å². The molecule has 0 aliphatic rings. The molecule has 6 heteroatoms. The first kappa shape index (κ1) is 7.64. The van der Waals surface area contributed by atoms with E-state index in [-0.39, 0.29) is 11.1 Å². The van der Waals surface area contributed by atoms with Gasteiger partial charge in [-0.25, -0.2) is 4.98 Å². The largest absolute Gasteiger partial charge is 0.368 e. The zero-order valence-electron chi connectivity index (χ0n) is 5.81. The van der Waals surface area contributed by atoms with Gasteiger partial charge in [0.2, 0.25) is 5.95 Å². The fourth-order valence-electron chi connectivity index (χ4n) is 0.954. The number of hydrogen-bond donors (Lipinski definition) is 2. The molecule has 2 rings (SSSR count). The number of halogens is 2. The van der Waals surface area contributed by atoms with Gasteiger partial charge < -0.3 is 10.7 Å². The molecule has 62 valence electrons. The molecule has 0 aromatic carbocycles. The maximum Gasteiger partial charge on any atom is 0.222 e. The lowest BCUT2D eigenvalue weighted by Crippen LogP contribution is -1.94. The maximum absolute atomic E-state index is 5.78. The van der Waals surface area contributed by atoms with Crippen LogP contribution < -0.4 is 5.73 Å². The molecule has 3 N–H and O–H groups in total. The van der Waals surface area contributed by atoms with E-state index in [0.717, 1.165) is 0 Å². The first-order chi connectivity index (χ1) is 5.68. The van der Waals surface area contributed by atoms with Crippen LogP contribution in [0, 0.1) is 0 Å². The minimum absolute atomic E-state index is 0.119. The van der Waals surface area contributed by atoms with Crippen molar-refractivity contribution in [1.82, 2.24) is 15.0 Å². The molecule has 2 heterocycles. The van der Waals surface area contributed by atoms with Gasteiger partial charge in [0, 0.05) is 6.20 Å². The third-order valence-electron chi connectivity index (χ3n) is 1.45.